The molecule has 0 bridgehead atoms. The molecule has 2 aromatic rings. The molecule has 0 saturated heterocycles. The van der Waals surface area contributed by atoms with Gasteiger partial charge in [0.15, 0.2) is 0 Å². The van der Waals surface area contributed by atoms with Gasteiger partial charge in [0.25, 0.3) is 0 Å². The minimum absolute atomic E-state index is 0.267. The molecular formula is C14H11ClN2. The van der Waals surface area contributed by atoms with Crippen LogP contribution in [0.4, 0.5) is 0 Å². The van der Waals surface area contributed by atoms with Crippen LogP contribution in [0.2, 0.25) is 5.15 Å². The van der Waals surface area contributed by atoms with Crippen LogP contribution < -0.4 is 0 Å². The number of benzene rings is 1. The molecular weight excluding hydrogens is 232 g/mol. The maximum atomic E-state index is 8.92. The molecule has 0 aliphatic carbocycles. The van der Waals surface area contributed by atoms with E-state index in [1.165, 1.54) is 5.56 Å². The summed E-state index contributed by atoms with van der Waals surface area (Å²) < 4.78 is 0. The number of aryl methyl sites for hydroxylation is 2. The fraction of sp³-hybridized carbons (Fsp3) is 0.143. The fourth-order valence-corrected chi connectivity index (χ4v) is 1.92. The maximum Gasteiger partial charge on any atom is 0.147 e. The summed E-state index contributed by atoms with van der Waals surface area (Å²) in [4.78, 5) is 4.25. The molecule has 1 aromatic heterocycles. The van der Waals surface area contributed by atoms with Gasteiger partial charge >= 0.3 is 0 Å². The summed E-state index contributed by atoms with van der Waals surface area (Å²) >= 11 is 5.98. The van der Waals surface area contributed by atoms with Crippen LogP contribution in [0.15, 0.2) is 30.3 Å². The largest absolute Gasteiger partial charge is 0.235 e. The molecule has 0 spiro atoms. The Morgan fingerprint density at radius 3 is 2.35 bits per heavy atom. The van der Waals surface area contributed by atoms with Crippen LogP contribution in [0.5, 0.6) is 0 Å². The number of pyridine rings is 1. The summed E-state index contributed by atoms with van der Waals surface area (Å²) in [6.45, 7) is 3.90. The highest BCUT2D eigenvalue weighted by Crippen LogP contribution is 2.24. The number of aromatic nitrogens is 1. The van der Waals surface area contributed by atoms with Crippen molar-refractivity contribution in [2.24, 2.45) is 0 Å². The van der Waals surface area contributed by atoms with E-state index in [-0.39, 0.29) is 5.15 Å². The van der Waals surface area contributed by atoms with Crippen molar-refractivity contribution in [1.82, 2.24) is 4.98 Å². The van der Waals surface area contributed by atoms with Crippen LogP contribution in [0.3, 0.4) is 0 Å². The summed E-state index contributed by atoms with van der Waals surface area (Å²) in [5, 5.41) is 9.19. The van der Waals surface area contributed by atoms with Gasteiger partial charge in [-0.3, -0.25) is 0 Å². The molecule has 0 atom stereocenters. The predicted molar refractivity (Wildman–Crippen MR) is 68.9 cm³/mol. The smallest absolute Gasteiger partial charge is 0.147 e. The lowest BCUT2D eigenvalue weighted by atomic mass is 10.1. The van der Waals surface area contributed by atoms with E-state index in [1.54, 1.807) is 0 Å². The van der Waals surface area contributed by atoms with Crippen molar-refractivity contribution in [3.63, 3.8) is 0 Å². The van der Waals surface area contributed by atoms with Gasteiger partial charge < -0.3 is 0 Å². The van der Waals surface area contributed by atoms with E-state index in [0.717, 1.165) is 16.8 Å². The normalized spacial score (nSPS) is 10.0. The highest BCUT2D eigenvalue weighted by Gasteiger charge is 2.08. The van der Waals surface area contributed by atoms with Crippen LogP contribution >= 0.6 is 11.6 Å². The molecule has 2 rings (SSSR count). The van der Waals surface area contributed by atoms with Crippen molar-refractivity contribution in [2.75, 3.05) is 0 Å². The molecule has 3 heteroatoms. The zero-order valence-corrected chi connectivity index (χ0v) is 10.4. The Kier molecular flexibility index (Phi) is 3.12. The van der Waals surface area contributed by atoms with Gasteiger partial charge in [0.1, 0.15) is 11.2 Å². The zero-order chi connectivity index (χ0) is 12.4. The molecule has 0 aliphatic heterocycles. The zero-order valence-electron chi connectivity index (χ0n) is 9.66. The number of nitrogens with zero attached hydrogens (tertiary/aromatic N) is 2. The van der Waals surface area contributed by atoms with Crippen molar-refractivity contribution < 1.29 is 0 Å². The van der Waals surface area contributed by atoms with Crippen LogP contribution in [-0.4, -0.2) is 4.98 Å². The first-order valence-corrected chi connectivity index (χ1v) is 5.64. The van der Waals surface area contributed by atoms with Crippen molar-refractivity contribution in [2.45, 2.75) is 13.8 Å². The Labute approximate surface area is 105 Å². The molecule has 0 fully saturated rings. The van der Waals surface area contributed by atoms with Crippen molar-refractivity contribution >= 4 is 11.6 Å². The Bertz CT molecular complexity index is 572. The Morgan fingerprint density at radius 1 is 1.18 bits per heavy atom. The lowest BCUT2D eigenvalue weighted by Gasteiger charge is -2.05. The lowest BCUT2D eigenvalue weighted by molar-refractivity contribution is 1.25. The van der Waals surface area contributed by atoms with E-state index in [9.17, 15) is 0 Å². The monoisotopic (exact) mass is 242 g/mol. The summed E-state index contributed by atoms with van der Waals surface area (Å²) in [5.74, 6) is 0. The summed E-state index contributed by atoms with van der Waals surface area (Å²) in [6, 6.07) is 12.0. The van der Waals surface area contributed by atoms with Crippen molar-refractivity contribution in [1.29, 1.82) is 5.26 Å². The van der Waals surface area contributed by atoms with Gasteiger partial charge in [0.05, 0.1) is 11.3 Å². The average molecular weight is 243 g/mol. The highest BCUT2D eigenvalue weighted by molar-refractivity contribution is 6.30. The van der Waals surface area contributed by atoms with E-state index < -0.39 is 0 Å². The first kappa shape index (κ1) is 11.6. The molecule has 0 saturated carbocycles. The van der Waals surface area contributed by atoms with E-state index in [2.05, 4.69) is 11.1 Å². The molecule has 1 heterocycles. The molecule has 0 radical (unpaired) electrons. The number of nitriles is 1. The van der Waals surface area contributed by atoms with E-state index in [4.69, 9.17) is 16.9 Å². The van der Waals surface area contributed by atoms with Crippen molar-refractivity contribution in [3.8, 4) is 17.3 Å². The van der Waals surface area contributed by atoms with E-state index >= 15 is 0 Å². The predicted octanol–water partition coefficient (Wildman–Crippen LogP) is 3.89. The SMILES string of the molecule is Cc1ccc(-c2cc(C)c(C#N)c(Cl)n2)cc1. The van der Waals surface area contributed by atoms with Gasteiger partial charge in [0.2, 0.25) is 0 Å². The second-order valence-electron chi connectivity index (χ2n) is 3.97. The Balaban J connectivity index is 2.55. The number of hydrogen-bond donors (Lipinski definition) is 0. The summed E-state index contributed by atoms with van der Waals surface area (Å²) in [7, 11) is 0. The molecule has 0 amide bonds. The molecule has 84 valence electrons. The highest BCUT2D eigenvalue weighted by atomic mass is 35.5. The van der Waals surface area contributed by atoms with Crippen LogP contribution in [-0.2, 0) is 0 Å². The van der Waals surface area contributed by atoms with Crippen LogP contribution in [0.1, 0.15) is 16.7 Å². The van der Waals surface area contributed by atoms with Crippen molar-refractivity contribution in [3.05, 3.63) is 52.2 Å². The topological polar surface area (TPSA) is 36.7 Å². The van der Waals surface area contributed by atoms with Crippen LogP contribution in [0.25, 0.3) is 11.3 Å². The minimum Gasteiger partial charge on any atom is -0.235 e. The van der Waals surface area contributed by atoms with Gasteiger partial charge in [-0.2, -0.15) is 5.26 Å². The summed E-state index contributed by atoms with van der Waals surface area (Å²) in [5.41, 5.74) is 4.30. The molecule has 0 unspecified atom stereocenters. The van der Waals surface area contributed by atoms with Gasteiger partial charge in [-0.05, 0) is 25.5 Å². The van der Waals surface area contributed by atoms with Gasteiger partial charge in [-0.15, -0.1) is 0 Å². The van der Waals surface area contributed by atoms with Gasteiger partial charge in [0, 0.05) is 5.56 Å². The molecule has 1 aromatic carbocycles. The molecule has 0 N–H and O–H groups in total. The number of hydrogen-bond acceptors (Lipinski definition) is 2. The third kappa shape index (κ3) is 2.30. The molecule has 2 nitrogen and oxygen atoms in total. The molecule has 17 heavy (non-hydrogen) atoms. The third-order valence-electron chi connectivity index (χ3n) is 2.63. The second kappa shape index (κ2) is 4.57. The average Bonchev–Trinajstić information content (AvgIpc) is 2.29. The Hall–Kier alpha value is -1.85. The first-order chi connectivity index (χ1) is 8.11. The first-order valence-electron chi connectivity index (χ1n) is 5.26. The van der Waals surface area contributed by atoms with Gasteiger partial charge in [-0.25, -0.2) is 4.98 Å². The fourth-order valence-electron chi connectivity index (χ4n) is 1.64. The third-order valence-corrected chi connectivity index (χ3v) is 2.91. The summed E-state index contributed by atoms with van der Waals surface area (Å²) in [6.07, 6.45) is 0. The second-order valence-corrected chi connectivity index (χ2v) is 4.33. The number of rotatable bonds is 1. The van der Waals surface area contributed by atoms with Gasteiger partial charge in [-0.1, -0.05) is 41.4 Å². The number of halogens is 1. The van der Waals surface area contributed by atoms with Crippen LogP contribution in [0, 0.1) is 25.2 Å². The minimum atomic E-state index is 0.267. The molecule has 0 aliphatic rings. The Morgan fingerprint density at radius 2 is 1.82 bits per heavy atom. The quantitative estimate of drug-likeness (QED) is 0.712. The van der Waals surface area contributed by atoms with E-state index in [0.29, 0.717) is 5.56 Å². The van der Waals surface area contributed by atoms with E-state index in [1.807, 2.05) is 44.2 Å². The standard InChI is InChI=1S/C14H11ClN2/c1-9-3-5-11(6-4-9)13-7-10(2)12(8-16)14(15)17-13/h3-7H,1-2H3. The maximum absolute atomic E-state index is 8.92. The lowest BCUT2D eigenvalue weighted by Crippen LogP contribution is -1.92.